The number of halogens is 3. The van der Waals surface area contributed by atoms with Crippen LogP contribution in [0.3, 0.4) is 0 Å². The fraction of sp³-hybridized carbons (Fsp3) is 0. The quantitative estimate of drug-likeness (QED) is 0.817. The van der Waals surface area contributed by atoms with E-state index in [1.54, 1.807) is 24.4 Å². The summed E-state index contributed by atoms with van der Waals surface area (Å²) in [5.74, 6) is 0. The zero-order valence-corrected chi connectivity index (χ0v) is 11.0. The van der Waals surface area contributed by atoms with E-state index in [9.17, 15) is 0 Å². The molecule has 0 saturated carbocycles. The zero-order chi connectivity index (χ0) is 11.5. The average molecular weight is 291 g/mol. The van der Waals surface area contributed by atoms with Gasteiger partial charge in [-0.3, -0.25) is 0 Å². The number of pyridine rings is 1. The van der Waals surface area contributed by atoms with Crippen LogP contribution in [0.4, 0.5) is 17.1 Å². The van der Waals surface area contributed by atoms with E-state index in [1.165, 1.54) is 0 Å². The number of nitrogens with two attached hydrogens (primary N) is 1. The molecule has 17 heavy (non-hydrogen) atoms. The molecule has 1 aromatic carbocycles. The van der Waals surface area contributed by atoms with Crippen LogP contribution in [0.15, 0.2) is 36.5 Å². The van der Waals surface area contributed by atoms with Gasteiger partial charge < -0.3 is 11.1 Å². The maximum atomic E-state index is 5.81. The number of nitrogens with one attached hydrogen (secondary N) is 1. The fourth-order valence-electron chi connectivity index (χ4n) is 1.25. The molecule has 90 valence electrons. The number of rotatable bonds is 2. The highest BCUT2D eigenvalue weighted by Crippen LogP contribution is 2.27. The second-order valence-electron chi connectivity index (χ2n) is 3.19. The van der Waals surface area contributed by atoms with Crippen LogP contribution in [-0.2, 0) is 0 Å². The molecule has 3 nitrogen and oxygen atoms in total. The maximum Gasteiger partial charge on any atom is 0.154 e. The summed E-state index contributed by atoms with van der Waals surface area (Å²) in [7, 11) is 0. The third-order valence-electron chi connectivity index (χ3n) is 2.06. The Morgan fingerprint density at radius 2 is 1.71 bits per heavy atom. The Morgan fingerprint density at radius 1 is 1.06 bits per heavy atom. The van der Waals surface area contributed by atoms with Gasteiger partial charge in [0.1, 0.15) is 0 Å². The minimum atomic E-state index is 0. The fourth-order valence-corrected chi connectivity index (χ4v) is 1.53. The molecule has 6 heteroatoms. The van der Waals surface area contributed by atoms with Gasteiger partial charge in [-0.05, 0) is 30.3 Å². The van der Waals surface area contributed by atoms with E-state index < -0.39 is 0 Å². The van der Waals surface area contributed by atoms with Gasteiger partial charge in [-0.1, -0.05) is 23.2 Å². The lowest BCUT2D eigenvalue weighted by molar-refractivity contribution is 1.33. The Bertz CT molecular complexity index is 500. The standard InChI is InChI=1S/C11H9Cl2N3.ClH/c12-7-1-3-8(4-2-7)16-9-5-6-15-11(13)10(9)14;/h1-6H,14H2,(H,15,16);1H. The van der Waals surface area contributed by atoms with Gasteiger partial charge in [0, 0.05) is 16.9 Å². The molecular weight excluding hydrogens is 281 g/mol. The molecule has 0 amide bonds. The largest absolute Gasteiger partial charge is 0.395 e. The number of nitrogen functional groups attached to an aromatic ring is 1. The Balaban J connectivity index is 0.00000144. The summed E-state index contributed by atoms with van der Waals surface area (Å²) < 4.78 is 0. The molecule has 0 aliphatic carbocycles. The highest BCUT2D eigenvalue weighted by atomic mass is 35.5. The van der Waals surface area contributed by atoms with Crippen LogP contribution < -0.4 is 11.1 Å². The second-order valence-corrected chi connectivity index (χ2v) is 3.99. The first-order chi connectivity index (χ1) is 7.66. The molecule has 1 aromatic heterocycles. The van der Waals surface area contributed by atoms with Crippen LogP contribution >= 0.6 is 35.6 Å². The number of hydrogen-bond acceptors (Lipinski definition) is 3. The molecule has 3 N–H and O–H groups in total. The molecule has 2 rings (SSSR count). The third-order valence-corrected chi connectivity index (χ3v) is 2.62. The van der Waals surface area contributed by atoms with E-state index in [-0.39, 0.29) is 12.4 Å². The van der Waals surface area contributed by atoms with Crippen LogP contribution in [0.2, 0.25) is 10.2 Å². The highest BCUT2D eigenvalue weighted by Gasteiger charge is 2.03. The second kappa shape index (κ2) is 5.96. The van der Waals surface area contributed by atoms with Crippen molar-refractivity contribution in [1.82, 2.24) is 4.98 Å². The van der Waals surface area contributed by atoms with Gasteiger partial charge in [-0.2, -0.15) is 0 Å². The molecule has 0 aliphatic rings. The molecule has 0 atom stereocenters. The zero-order valence-electron chi connectivity index (χ0n) is 8.65. The summed E-state index contributed by atoms with van der Waals surface area (Å²) in [6.07, 6.45) is 1.59. The Morgan fingerprint density at radius 3 is 2.35 bits per heavy atom. The van der Waals surface area contributed by atoms with E-state index in [0.717, 1.165) is 11.4 Å². The van der Waals surface area contributed by atoms with Crippen LogP contribution in [-0.4, -0.2) is 4.98 Å². The first-order valence-corrected chi connectivity index (χ1v) is 5.35. The number of aromatic nitrogens is 1. The molecule has 0 bridgehead atoms. The van der Waals surface area contributed by atoms with Crippen LogP contribution in [0, 0.1) is 0 Å². The number of nitrogens with zero attached hydrogens (tertiary/aromatic N) is 1. The van der Waals surface area contributed by atoms with Crippen molar-refractivity contribution in [1.29, 1.82) is 0 Å². The van der Waals surface area contributed by atoms with Crippen LogP contribution in [0.5, 0.6) is 0 Å². The van der Waals surface area contributed by atoms with Crippen molar-refractivity contribution in [3.63, 3.8) is 0 Å². The normalized spacial score (nSPS) is 9.53. The smallest absolute Gasteiger partial charge is 0.154 e. The summed E-state index contributed by atoms with van der Waals surface area (Å²) in [4.78, 5) is 3.87. The van der Waals surface area contributed by atoms with Gasteiger partial charge >= 0.3 is 0 Å². The molecule has 1 heterocycles. The molecule has 2 aromatic rings. The topological polar surface area (TPSA) is 50.9 Å². The molecule has 0 radical (unpaired) electrons. The van der Waals surface area contributed by atoms with Crippen molar-refractivity contribution in [2.24, 2.45) is 0 Å². The van der Waals surface area contributed by atoms with Gasteiger partial charge in [0.25, 0.3) is 0 Å². The number of anilines is 3. The number of benzene rings is 1. The minimum Gasteiger partial charge on any atom is -0.395 e. The highest BCUT2D eigenvalue weighted by molar-refractivity contribution is 6.32. The van der Waals surface area contributed by atoms with Crippen molar-refractivity contribution < 1.29 is 0 Å². The third kappa shape index (κ3) is 3.40. The summed E-state index contributed by atoms with van der Waals surface area (Å²) in [6.45, 7) is 0. The van der Waals surface area contributed by atoms with Gasteiger partial charge in [-0.25, -0.2) is 4.98 Å². The lowest BCUT2D eigenvalue weighted by atomic mass is 10.3. The summed E-state index contributed by atoms with van der Waals surface area (Å²) in [5, 5.41) is 4.11. The van der Waals surface area contributed by atoms with Gasteiger partial charge in [0.15, 0.2) is 5.15 Å². The number of hydrogen-bond donors (Lipinski definition) is 2. The molecule has 0 aliphatic heterocycles. The summed E-state index contributed by atoms with van der Waals surface area (Å²) >= 11 is 11.6. The van der Waals surface area contributed by atoms with Crippen molar-refractivity contribution in [2.45, 2.75) is 0 Å². The molecule has 0 unspecified atom stereocenters. The maximum absolute atomic E-state index is 5.81. The van der Waals surface area contributed by atoms with E-state index in [1.807, 2.05) is 12.1 Å². The van der Waals surface area contributed by atoms with Crippen molar-refractivity contribution >= 4 is 52.7 Å². The summed E-state index contributed by atoms with van der Waals surface area (Å²) in [6, 6.07) is 9.06. The van der Waals surface area contributed by atoms with Crippen molar-refractivity contribution in [3.8, 4) is 0 Å². The van der Waals surface area contributed by atoms with Crippen LogP contribution in [0.25, 0.3) is 0 Å². The first-order valence-electron chi connectivity index (χ1n) is 4.59. The Hall–Kier alpha value is -1.16. The lowest BCUT2D eigenvalue weighted by Crippen LogP contribution is -1.97. The molecular formula is C11H10Cl3N3. The van der Waals surface area contributed by atoms with E-state index in [0.29, 0.717) is 15.9 Å². The predicted molar refractivity (Wildman–Crippen MR) is 75.6 cm³/mol. The first kappa shape index (κ1) is 13.9. The SMILES string of the molecule is Cl.Nc1c(Nc2ccc(Cl)cc2)ccnc1Cl. The van der Waals surface area contributed by atoms with Gasteiger partial charge in [0.05, 0.1) is 11.4 Å². The predicted octanol–water partition coefficient (Wildman–Crippen LogP) is 4.14. The van der Waals surface area contributed by atoms with Crippen LogP contribution in [0.1, 0.15) is 0 Å². The van der Waals surface area contributed by atoms with Crippen molar-refractivity contribution in [2.75, 3.05) is 11.1 Å². The van der Waals surface area contributed by atoms with Gasteiger partial charge in [-0.15, -0.1) is 12.4 Å². The molecule has 0 saturated heterocycles. The van der Waals surface area contributed by atoms with E-state index in [2.05, 4.69) is 10.3 Å². The molecule has 0 fully saturated rings. The monoisotopic (exact) mass is 289 g/mol. The van der Waals surface area contributed by atoms with E-state index in [4.69, 9.17) is 28.9 Å². The Labute approximate surface area is 115 Å². The van der Waals surface area contributed by atoms with E-state index >= 15 is 0 Å². The lowest BCUT2D eigenvalue weighted by Gasteiger charge is -2.09. The Kier molecular flexibility index (Phi) is 4.87. The average Bonchev–Trinajstić information content (AvgIpc) is 2.28. The minimum absolute atomic E-state index is 0. The molecule has 0 spiro atoms. The van der Waals surface area contributed by atoms with Crippen molar-refractivity contribution in [3.05, 3.63) is 46.7 Å². The summed E-state index contributed by atoms with van der Waals surface area (Å²) in [5.41, 5.74) is 7.82. The van der Waals surface area contributed by atoms with Gasteiger partial charge in [0.2, 0.25) is 0 Å².